The van der Waals surface area contributed by atoms with Crippen LogP contribution in [-0.2, 0) is 0 Å². The molecule has 6 nitrogen and oxygen atoms in total. The Labute approximate surface area is 296 Å². The van der Waals surface area contributed by atoms with E-state index in [1.165, 1.54) is 0 Å². The van der Waals surface area contributed by atoms with Gasteiger partial charge < -0.3 is 8.83 Å². The van der Waals surface area contributed by atoms with E-state index in [-0.39, 0.29) is 0 Å². The van der Waals surface area contributed by atoms with E-state index in [0.717, 1.165) is 93.2 Å². The zero-order valence-electron chi connectivity index (χ0n) is 27.6. The summed E-state index contributed by atoms with van der Waals surface area (Å²) in [6.45, 7) is 0. The first kappa shape index (κ1) is 28.6. The molecule has 0 fully saturated rings. The molecule has 7 aromatic carbocycles. The highest BCUT2D eigenvalue weighted by atomic mass is 16.3. The van der Waals surface area contributed by atoms with Gasteiger partial charge >= 0.3 is 0 Å². The summed E-state index contributed by atoms with van der Waals surface area (Å²) in [6.07, 6.45) is 3.72. The van der Waals surface area contributed by atoms with Crippen LogP contribution in [0.2, 0.25) is 0 Å². The van der Waals surface area contributed by atoms with Crippen LogP contribution in [0, 0.1) is 0 Å². The number of hydrogen-bond donors (Lipinski definition) is 0. The minimum atomic E-state index is 0.598. The Hall–Kier alpha value is -7.18. The quantitative estimate of drug-likeness (QED) is 0.186. The number of benzene rings is 7. The van der Waals surface area contributed by atoms with Crippen molar-refractivity contribution in [3.8, 4) is 45.3 Å². The van der Waals surface area contributed by atoms with Crippen molar-refractivity contribution < 1.29 is 8.83 Å². The lowest BCUT2D eigenvalue weighted by Crippen LogP contribution is -2.00. The van der Waals surface area contributed by atoms with Gasteiger partial charge in [-0.25, -0.2) is 15.0 Å². The van der Waals surface area contributed by atoms with Gasteiger partial charge in [0.05, 0.1) is 0 Å². The highest BCUT2D eigenvalue weighted by molar-refractivity contribution is 6.16. The predicted octanol–water partition coefficient (Wildman–Crippen LogP) is 12.0. The number of furan rings is 2. The number of rotatable bonds is 4. The second-order valence-electron chi connectivity index (χ2n) is 13.1. The van der Waals surface area contributed by atoms with E-state index in [1.54, 1.807) is 0 Å². The maximum atomic E-state index is 6.35. The molecule has 11 aromatic rings. The van der Waals surface area contributed by atoms with Crippen molar-refractivity contribution >= 4 is 65.4 Å². The van der Waals surface area contributed by atoms with E-state index in [2.05, 4.69) is 77.8 Å². The first-order chi connectivity index (χ1) is 25.7. The van der Waals surface area contributed by atoms with Gasteiger partial charge in [-0.2, -0.15) is 0 Å². The Balaban J connectivity index is 1.05. The summed E-state index contributed by atoms with van der Waals surface area (Å²) in [4.78, 5) is 19.5. The molecule has 4 aromatic heterocycles. The zero-order chi connectivity index (χ0) is 34.2. The van der Waals surface area contributed by atoms with Crippen LogP contribution < -0.4 is 0 Å². The zero-order valence-corrected chi connectivity index (χ0v) is 27.6. The van der Waals surface area contributed by atoms with Gasteiger partial charge in [0.15, 0.2) is 17.5 Å². The number of pyridine rings is 1. The molecule has 0 radical (unpaired) electrons. The van der Waals surface area contributed by atoms with Gasteiger partial charge in [-0.05, 0) is 75.8 Å². The van der Waals surface area contributed by atoms with Crippen LogP contribution in [0.15, 0.2) is 167 Å². The average Bonchev–Trinajstić information content (AvgIpc) is 3.77. The van der Waals surface area contributed by atoms with Crippen LogP contribution in [0.1, 0.15) is 0 Å². The van der Waals surface area contributed by atoms with Crippen LogP contribution in [0.4, 0.5) is 0 Å². The van der Waals surface area contributed by atoms with Crippen molar-refractivity contribution in [1.29, 1.82) is 0 Å². The van der Waals surface area contributed by atoms with Crippen molar-refractivity contribution in [2.75, 3.05) is 0 Å². The highest BCUT2D eigenvalue weighted by Gasteiger charge is 2.18. The normalized spacial score (nSPS) is 11.8. The fourth-order valence-electron chi connectivity index (χ4n) is 7.50. The van der Waals surface area contributed by atoms with E-state index >= 15 is 0 Å². The Morgan fingerprint density at radius 3 is 1.85 bits per heavy atom. The summed E-state index contributed by atoms with van der Waals surface area (Å²) in [7, 11) is 0. The number of nitrogens with zero attached hydrogens (tertiary/aromatic N) is 4. The molecule has 0 aliphatic rings. The van der Waals surface area contributed by atoms with Gasteiger partial charge in [0.25, 0.3) is 0 Å². The lowest BCUT2D eigenvalue weighted by atomic mass is 9.96. The second kappa shape index (κ2) is 11.2. The van der Waals surface area contributed by atoms with Crippen molar-refractivity contribution in [2.45, 2.75) is 0 Å². The van der Waals surface area contributed by atoms with Gasteiger partial charge in [-0.3, -0.25) is 4.98 Å². The van der Waals surface area contributed by atoms with Crippen LogP contribution in [0.25, 0.3) is 111 Å². The smallest absolute Gasteiger partial charge is 0.164 e. The predicted molar refractivity (Wildman–Crippen MR) is 209 cm³/mol. The Morgan fingerprint density at radius 2 is 1.00 bits per heavy atom. The van der Waals surface area contributed by atoms with Crippen LogP contribution >= 0.6 is 0 Å². The summed E-state index contributed by atoms with van der Waals surface area (Å²) < 4.78 is 12.6. The topological polar surface area (TPSA) is 77.8 Å². The largest absolute Gasteiger partial charge is 0.456 e. The summed E-state index contributed by atoms with van der Waals surface area (Å²) in [5.41, 5.74) is 8.35. The molecule has 6 heteroatoms. The molecule has 0 amide bonds. The molecule has 0 N–H and O–H groups in total. The van der Waals surface area contributed by atoms with Crippen LogP contribution in [-0.4, -0.2) is 19.9 Å². The number of para-hydroxylation sites is 1. The molecular formula is C46H26N4O2. The van der Waals surface area contributed by atoms with E-state index in [0.29, 0.717) is 17.5 Å². The molecule has 0 aliphatic carbocycles. The summed E-state index contributed by atoms with van der Waals surface area (Å²) in [6, 6.07) is 49.8. The molecule has 0 spiro atoms. The van der Waals surface area contributed by atoms with Gasteiger partial charge in [-0.1, -0.05) is 97.1 Å². The monoisotopic (exact) mass is 666 g/mol. The SMILES string of the molecule is c1ccc(-c2nc(-c3ccc4cc(-c5cccc6oc7cc8ccncc8cc7c56)ccc4c3)nc(-c3cccc4oc5ccccc5c34)n2)cc1. The van der Waals surface area contributed by atoms with Crippen molar-refractivity contribution in [3.05, 3.63) is 158 Å². The molecular weight excluding hydrogens is 641 g/mol. The fraction of sp³-hybridized carbons (Fsp3) is 0. The molecule has 52 heavy (non-hydrogen) atoms. The molecule has 0 unspecified atom stereocenters. The van der Waals surface area contributed by atoms with Crippen molar-refractivity contribution in [1.82, 2.24) is 19.9 Å². The molecule has 0 saturated carbocycles. The molecule has 0 saturated heterocycles. The van der Waals surface area contributed by atoms with E-state index < -0.39 is 0 Å². The standard InChI is InChI=1S/C46H26N4O2/c1-2-8-27(9-3-1)44-48-45(50-46(49-44)36-12-7-15-40-43(36)35-10-4-5-13-38(35)51-40)32-19-17-28-22-31(18-16-29(28)23-32)34-11-6-14-39-42(34)37-24-33-26-47-21-20-30(33)25-41(37)52-39/h1-26H. The van der Waals surface area contributed by atoms with E-state index in [9.17, 15) is 0 Å². The van der Waals surface area contributed by atoms with Gasteiger partial charge in [0.1, 0.15) is 22.3 Å². The van der Waals surface area contributed by atoms with Gasteiger partial charge in [0.2, 0.25) is 0 Å². The van der Waals surface area contributed by atoms with Crippen LogP contribution in [0.3, 0.4) is 0 Å². The maximum Gasteiger partial charge on any atom is 0.164 e. The third kappa shape index (κ3) is 4.51. The minimum Gasteiger partial charge on any atom is -0.456 e. The van der Waals surface area contributed by atoms with E-state index in [1.807, 2.05) is 85.2 Å². The molecule has 11 rings (SSSR count). The molecule has 4 heterocycles. The first-order valence-electron chi connectivity index (χ1n) is 17.2. The average molecular weight is 667 g/mol. The van der Waals surface area contributed by atoms with Gasteiger partial charge in [0, 0.05) is 56.0 Å². The number of fused-ring (bicyclic) bond motifs is 8. The Morgan fingerprint density at radius 1 is 0.365 bits per heavy atom. The first-order valence-corrected chi connectivity index (χ1v) is 17.2. The van der Waals surface area contributed by atoms with Crippen molar-refractivity contribution in [2.24, 2.45) is 0 Å². The number of aromatic nitrogens is 4. The third-order valence-corrected chi connectivity index (χ3v) is 9.97. The Bertz CT molecular complexity index is 3200. The summed E-state index contributed by atoms with van der Waals surface area (Å²) >= 11 is 0. The highest BCUT2D eigenvalue weighted by Crippen LogP contribution is 2.40. The lowest BCUT2D eigenvalue weighted by molar-refractivity contribution is 0.669. The van der Waals surface area contributed by atoms with Crippen LogP contribution in [0.5, 0.6) is 0 Å². The Kier molecular flexibility index (Phi) is 6.15. The third-order valence-electron chi connectivity index (χ3n) is 9.97. The molecule has 242 valence electrons. The minimum absolute atomic E-state index is 0.598. The van der Waals surface area contributed by atoms with E-state index in [4.69, 9.17) is 23.8 Å². The van der Waals surface area contributed by atoms with Gasteiger partial charge in [-0.15, -0.1) is 0 Å². The number of hydrogen-bond acceptors (Lipinski definition) is 6. The lowest BCUT2D eigenvalue weighted by Gasteiger charge is -2.10. The fourth-order valence-corrected chi connectivity index (χ4v) is 7.50. The molecule has 0 atom stereocenters. The molecule has 0 bridgehead atoms. The summed E-state index contributed by atoms with van der Waals surface area (Å²) in [5, 5.41) is 8.61. The maximum absolute atomic E-state index is 6.35. The summed E-state index contributed by atoms with van der Waals surface area (Å²) in [5.74, 6) is 1.82. The second-order valence-corrected chi connectivity index (χ2v) is 13.1. The van der Waals surface area contributed by atoms with Crippen molar-refractivity contribution in [3.63, 3.8) is 0 Å². The molecule has 0 aliphatic heterocycles.